The van der Waals surface area contributed by atoms with E-state index in [0.29, 0.717) is 5.56 Å². The third-order valence-corrected chi connectivity index (χ3v) is 4.04. The normalized spacial score (nSPS) is 11.2. The highest BCUT2D eigenvalue weighted by Crippen LogP contribution is 2.22. The SMILES string of the molecule is CC(C)(C)c1ccc(C(=O)NCc2ccc(C(=O)O)c(Cl)c2)cc1. The maximum atomic E-state index is 12.2. The van der Waals surface area contributed by atoms with Crippen molar-refractivity contribution < 1.29 is 14.7 Å². The molecule has 0 spiro atoms. The molecule has 0 fully saturated rings. The van der Waals surface area contributed by atoms with Crippen molar-refractivity contribution in [1.29, 1.82) is 0 Å². The highest BCUT2D eigenvalue weighted by molar-refractivity contribution is 6.33. The van der Waals surface area contributed by atoms with Crippen LogP contribution in [0.2, 0.25) is 5.02 Å². The Bertz CT molecular complexity index is 761. The summed E-state index contributed by atoms with van der Waals surface area (Å²) in [5, 5.41) is 11.9. The molecule has 0 bridgehead atoms. The van der Waals surface area contributed by atoms with Gasteiger partial charge in [0, 0.05) is 12.1 Å². The van der Waals surface area contributed by atoms with E-state index in [1.165, 1.54) is 6.07 Å². The average Bonchev–Trinajstić information content (AvgIpc) is 2.51. The van der Waals surface area contributed by atoms with Crippen molar-refractivity contribution in [1.82, 2.24) is 5.32 Å². The summed E-state index contributed by atoms with van der Waals surface area (Å²) in [6.45, 7) is 6.63. The zero-order chi connectivity index (χ0) is 17.9. The first-order chi connectivity index (χ1) is 11.2. The molecule has 5 heteroatoms. The topological polar surface area (TPSA) is 66.4 Å². The van der Waals surface area contributed by atoms with E-state index in [1.54, 1.807) is 24.3 Å². The van der Waals surface area contributed by atoms with Crippen LogP contribution in [-0.4, -0.2) is 17.0 Å². The van der Waals surface area contributed by atoms with Gasteiger partial charge in [-0.1, -0.05) is 50.6 Å². The van der Waals surface area contributed by atoms with Crippen molar-refractivity contribution in [2.75, 3.05) is 0 Å². The number of hydrogen-bond donors (Lipinski definition) is 2. The second-order valence-electron chi connectivity index (χ2n) is 6.63. The Morgan fingerprint density at radius 2 is 1.71 bits per heavy atom. The fraction of sp³-hybridized carbons (Fsp3) is 0.263. The fourth-order valence-corrected chi connectivity index (χ4v) is 2.53. The number of carboxylic acids is 1. The van der Waals surface area contributed by atoms with Crippen molar-refractivity contribution in [3.63, 3.8) is 0 Å². The van der Waals surface area contributed by atoms with Gasteiger partial charge in [0.05, 0.1) is 10.6 Å². The first kappa shape index (κ1) is 18.0. The van der Waals surface area contributed by atoms with E-state index in [4.69, 9.17) is 16.7 Å². The molecule has 0 aromatic heterocycles. The molecule has 0 aliphatic carbocycles. The number of halogens is 1. The number of benzene rings is 2. The fourth-order valence-electron chi connectivity index (χ4n) is 2.25. The first-order valence-corrected chi connectivity index (χ1v) is 7.97. The molecule has 0 aliphatic heterocycles. The van der Waals surface area contributed by atoms with Crippen LogP contribution in [0.3, 0.4) is 0 Å². The lowest BCUT2D eigenvalue weighted by Gasteiger charge is -2.19. The lowest BCUT2D eigenvalue weighted by molar-refractivity contribution is 0.0696. The highest BCUT2D eigenvalue weighted by atomic mass is 35.5. The zero-order valence-corrected chi connectivity index (χ0v) is 14.6. The highest BCUT2D eigenvalue weighted by Gasteiger charge is 2.14. The number of hydrogen-bond acceptors (Lipinski definition) is 2. The van der Waals surface area contributed by atoms with Crippen molar-refractivity contribution in [2.45, 2.75) is 32.7 Å². The number of amides is 1. The van der Waals surface area contributed by atoms with Crippen LogP contribution in [0.5, 0.6) is 0 Å². The molecule has 2 rings (SSSR count). The maximum absolute atomic E-state index is 12.2. The summed E-state index contributed by atoms with van der Waals surface area (Å²) in [4.78, 5) is 23.1. The number of carboxylic acid groups (broad SMARTS) is 1. The van der Waals surface area contributed by atoms with Gasteiger partial charge in [0.2, 0.25) is 0 Å². The quantitative estimate of drug-likeness (QED) is 0.869. The predicted molar refractivity (Wildman–Crippen MR) is 94.7 cm³/mol. The second-order valence-corrected chi connectivity index (χ2v) is 7.04. The molecule has 0 atom stereocenters. The van der Waals surface area contributed by atoms with Gasteiger partial charge in [-0.15, -0.1) is 0 Å². The smallest absolute Gasteiger partial charge is 0.337 e. The van der Waals surface area contributed by atoms with Crippen LogP contribution in [-0.2, 0) is 12.0 Å². The second kappa shape index (κ2) is 7.05. The molecule has 1 amide bonds. The molecule has 0 aliphatic rings. The van der Waals surface area contributed by atoms with Crippen LogP contribution in [0.1, 0.15) is 52.6 Å². The van der Waals surface area contributed by atoms with E-state index in [0.717, 1.165) is 11.1 Å². The largest absolute Gasteiger partial charge is 0.478 e. The number of carbonyl (C=O) groups is 2. The summed E-state index contributed by atoms with van der Waals surface area (Å²) in [6.07, 6.45) is 0. The third-order valence-electron chi connectivity index (χ3n) is 3.73. The van der Waals surface area contributed by atoms with Gasteiger partial charge in [-0.2, -0.15) is 0 Å². The lowest BCUT2D eigenvalue weighted by Crippen LogP contribution is -2.23. The molecule has 0 unspecified atom stereocenters. The van der Waals surface area contributed by atoms with Gasteiger partial charge >= 0.3 is 5.97 Å². The maximum Gasteiger partial charge on any atom is 0.337 e. The summed E-state index contributed by atoms with van der Waals surface area (Å²) in [7, 11) is 0. The molecule has 0 saturated carbocycles. The first-order valence-electron chi connectivity index (χ1n) is 7.59. The Kier molecular flexibility index (Phi) is 5.30. The van der Waals surface area contributed by atoms with E-state index in [-0.39, 0.29) is 28.5 Å². The Labute approximate surface area is 146 Å². The lowest BCUT2D eigenvalue weighted by atomic mass is 9.87. The van der Waals surface area contributed by atoms with Crippen LogP contribution in [0, 0.1) is 0 Å². The summed E-state index contributed by atoms with van der Waals surface area (Å²) in [6, 6.07) is 12.1. The molecule has 2 aromatic rings. The van der Waals surface area contributed by atoms with E-state index in [1.807, 2.05) is 12.1 Å². The van der Waals surface area contributed by atoms with Crippen LogP contribution >= 0.6 is 11.6 Å². The number of nitrogens with one attached hydrogen (secondary N) is 1. The summed E-state index contributed by atoms with van der Waals surface area (Å²) in [5.41, 5.74) is 2.57. The molecule has 2 aromatic carbocycles. The molecular formula is C19H20ClNO3. The molecule has 2 N–H and O–H groups in total. The molecule has 0 radical (unpaired) electrons. The minimum Gasteiger partial charge on any atom is -0.478 e. The summed E-state index contributed by atoms with van der Waals surface area (Å²) in [5.74, 6) is -1.26. The van der Waals surface area contributed by atoms with Crippen LogP contribution in [0.4, 0.5) is 0 Å². The van der Waals surface area contributed by atoms with Crippen molar-refractivity contribution in [3.05, 3.63) is 69.7 Å². The molecule has 24 heavy (non-hydrogen) atoms. The van der Waals surface area contributed by atoms with E-state index < -0.39 is 5.97 Å². The van der Waals surface area contributed by atoms with Crippen molar-refractivity contribution >= 4 is 23.5 Å². The monoisotopic (exact) mass is 345 g/mol. The van der Waals surface area contributed by atoms with Gasteiger partial charge in [0.1, 0.15) is 0 Å². The van der Waals surface area contributed by atoms with Gasteiger partial charge in [-0.3, -0.25) is 4.79 Å². The molecule has 4 nitrogen and oxygen atoms in total. The van der Waals surface area contributed by atoms with Crippen LogP contribution in [0.15, 0.2) is 42.5 Å². The third kappa shape index (κ3) is 4.36. The Morgan fingerprint density at radius 1 is 1.08 bits per heavy atom. The van der Waals surface area contributed by atoms with Gasteiger partial charge in [0.15, 0.2) is 0 Å². The van der Waals surface area contributed by atoms with Gasteiger partial charge < -0.3 is 10.4 Å². The van der Waals surface area contributed by atoms with Gasteiger partial charge in [-0.25, -0.2) is 4.79 Å². The minimum atomic E-state index is -1.07. The van der Waals surface area contributed by atoms with Crippen molar-refractivity contribution in [2.24, 2.45) is 0 Å². The predicted octanol–water partition coefficient (Wildman–Crippen LogP) is 4.27. The van der Waals surface area contributed by atoms with E-state index in [2.05, 4.69) is 26.1 Å². The minimum absolute atomic E-state index is 0.0393. The standard InChI is InChI=1S/C19H20ClNO3/c1-19(2,3)14-7-5-13(6-8-14)17(22)21-11-12-4-9-15(18(23)24)16(20)10-12/h4-10H,11H2,1-3H3,(H,21,22)(H,23,24). The molecular weight excluding hydrogens is 326 g/mol. The number of aromatic carboxylic acids is 1. The Morgan fingerprint density at radius 3 is 2.21 bits per heavy atom. The average molecular weight is 346 g/mol. The number of carbonyl (C=O) groups excluding carboxylic acids is 1. The van der Waals surface area contributed by atoms with Crippen molar-refractivity contribution in [3.8, 4) is 0 Å². The van der Waals surface area contributed by atoms with E-state index >= 15 is 0 Å². The molecule has 0 heterocycles. The number of rotatable bonds is 4. The van der Waals surface area contributed by atoms with Gasteiger partial charge in [-0.05, 0) is 40.8 Å². The van der Waals surface area contributed by atoms with Crippen LogP contribution < -0.4 is 5.32 Å². The zero-order valence-electron chi connectivity index (χ0n) is 13.9. The Hall–Kier alpha value is -2.33. The van der Waals surface area contributed by atoms with E-state index in [9.17, 15) is 9.59 Å². The van der Waals surface area contributed by atoms with Gasteiger partial charge in [0.25, 0.3) is 5.91 Å². The Balaban J connectivity index is 2.03. The molecule has 126 valence electrons. The summed E-state index contributed by atoms with van der Waals surface area (Å²) < 4.78 is 0. The van der Waals surface area contributed by atoms with Crippen LogP contribution in [0.25, 0.3) is 0 Å². The summed E-state index contributed by atoms with van der Waals surface area (Å²) >= 11 is 5.92. The molecule has 0 saturated heterocycles.